The van der Waals surface area contributed by atoms with Gasteiger partial charge in [0.2, 0.25) is 0 Å². The molecule has 1 saturated carbocycles. The first-order valence-electron chi connectivity index (χ1n) is 9.62. The maximum Gasteiger partial charge on any atom is 0.416 e. The van der Waals surface area contributed by atoms with Crippen LogP contribution < -0.4 is 21.5 Å². The molecule has 1 aliphatic carbocycles. The van der Waals surface area contributed by atoms with E-state index in [1.54, 1.807) is 0 Å². The van der Waals surface area contributed by atoms with Crippen molar-refractivity contribution in [3.05, 3.63) is 49.8 Å². The van der Waals surface area contributed by atoms with Crippen LogP contribution in [-0.4, -0.2) is 31.1 Å². The summed E-state index contributed by atoms with van der Waals surface area (Å²) in [7, 11) is 3.74. The van der Waals surface area contributed by atoms with E-state index in [0.717, 1.165) is 19.3 Å². The minimum Gasteiger partial charge on any atom is -0.376 e. The van der Waals surface area contributed by atoms with Gasteiger partial charge in [-0.05, 0) is 45.1 Å². The lowest BCUT2D eigenvalue weighted by atomic mass is 9.89. The highest BCUT2D eigenvalue weighted by Crippen LogP contribution is 2.38. The average Bonchev–Trinajstić information content (AvgIpc) is 2.69. The molecule has 0 aliphatic heterocycles. The Morgan fingerprint density at radius 3 is 1.87 bits per heavy atom. The first-order valence-corrected chi connectivity index (χ1v) is 9.62. The third-order valence-corrected chi connectivity index (χ3v) is 5.49. The van der Waals surface area contributed by atoms with E-state index >= 15 is 0 Å². The molecule has 0 saturated heterocycles. The first-order chi connectivity index (χ1) is 14.3. The number of hydrogen-bond acceptors (Lipinski definition) is 5. The van der Waals surface area contributed by atoms with Gasteiger partial charge >= 0.3 is 12.4 Å². The summed E-state index contributed by atoms with van der Waals surface area (Å²) in [5, 5.41) is 5.29. The summed E-state index contributed by atoms with van der Waals surface area (Å²) >= 11 is 0. The molecule has 1 aliphatic rings. The molecule has 0 heterocycles. The molecular weight excluding hydrogens is 428 g/mol. The minimum atomic E-state index is -5.02. The van der Waals surface area contributed by atoms with Crippen LogP contribution in [0.4, 0.5) is 43.4 Å². The number of hydrogen-bond donors (Lipinski definition) is 2. The number of anilines is 3. The molecule has 31 heavy (non-hydrogen) atoms. The van der Waals surface area contributed by atoms with Gasteiger partial charge in [-0.25, -0.2) is 0 Å². The smallest absolute Gasteiger partial charge is 0.376 e. The van der Waals surface area contributed by atoms with Gasteiger partial charge in [0.1, 0.15) is 11.4 Å². The molecule has 2 N–H and O–H groups in total. The highest BCUT2D eigenvalue weighted by atomic mass is 19.4. The van der Waals surface area contributed by atoms with Crippen LogP contribution in [0.25, 0.3) is 0 Å². The highest BCUT2D eigenvalue weighted by molar-refractivity contribution is 5.79. The predicted octanol–water partition coefficient (Wildman–Crippen LogP) is 4.35. The molecule has 0 aromatic heterocycles. The van der Waals surface area contributed by atoms with Crippen LogP contribution in [0, 0.1) is 0 Å². The number of rotatable bonds is 5. The SMILES string of the molecule is CN(C)C1CCCCC1Nc1c(Nc2cc(C(F)(F)F)cc(C(F)(F)F)c2)c(=O)c1=O. The zero-order chi connectivity index (χ0) is 23.1. The lowest BCUT2D eigenvalue weighted by Gasteiger charge is -2.37. The van der Waals surface area contributed by atoms with Gasteiger partial charge in [-0.1, -0.05) is 12.8 Å². The van der Waals surface area contributed by atoms with Crippen molar-refractivity contribution in [2.75, 3.05) is 24.7 Å². The molecule has 1 fully saturated rings. The Morgan fingerprint density at radius 1 is 0.839 bits per heavy atom. The van der Waals surface area contributed by atoms with Crippen molar-refractivity contribution in [1.29, 1.82) is 0 Å². The molecule has 0 radical (unpaired) electrons. The summed E-state index contributed by atoms with van der Waals surface area (Å²) in [4.78, 5) is 26.1. The lowest BCUT2D eigenvalue weighted by molar-refractivity contribution is -0.143. The van der Waals surface area contributed by atoms with Gasteiger partial charge in [-0.3, -0.25) is 9.59 Å². The molecule has 2 aromatic rings. The third-order valence-electron chi connectivity index (χ3n) is 5.49. The van der Waals surface area contributed by atoms with Crippen LogP contribution >= 0.6 is 0 Å². The monoisotopic (exact) mass is 449 g/mol. The predicted molar refractivity (Wildman–Crippen MR) is 104 cm³/mol. The average molecular weight is 449 g/mol. The first kappa shape index (κ1) is 23.1. The Bertz CT molecular complexity index is 989. The quantitative estimate of drug-likeness (QED) is 0.525. The molecule has 2 unspecified atom stereocenters. The molecule has 2 atom stereocenters. The normalized spacial score (nSPS) is 20.3. The number of benzene rings is 1. The van der Waals surface area contributed by atoms with Crippen molar-refractivity contribution in [3.8, 4) is 0 Å². The second kappa shape index (κ2) is 8.18. The van der Waals surface area contributed by atoms with E-state index < -0.39 is 40.0 Å². The zero-order valence-electron chi connectivity index (χ0n) is 16.7. The van der Waals surface area contributed by atoms with Gasteiger partial charge in [0.15, 0.2) is 0 Å². The zero-order valence-corrected chi connectivity index (χ0v) is 16.7. The highest BCUT2D eigenvalue weighted by Gasteiger charge is 2.37. The van der Waals surface area contributed by atoms with E-state index in [4.69, 9.17) is 0 Å². The number of halogens is 6. The largest absolute Gasteiger partial charge is 0.416 e. The Morgan fingerprint density at radius 2 is 1.35 bits per heavy atom. The van der Waals surface area contributed by atoms with Crippen LogP contribution in [0.3, 0.4) is 0 Å². The van der Waals surface area contributed by atoms with Crippen molar-refractivity contribution in [2.24, 2.45) is 0 Å². The Kier molecular flexibility index (Phi) is 6.09. The number of likely N-dealkylation sites (N-methyl/N-ethyl adjacent to an activating group) is 1. The topological polar surface area (TPSA) is 61.4 Å². The van der Waals surface area contributed by atoms with E-state index in [0.29, 0.717) is 18.6 Å². The Balaban J connectivity index is 1.93. The fourth-order valence-corrected chi connectivity index (χ4v) is 3.90. The third kappa shape index (κ3) is 4.86. The van der Waals surface area contributed by atoms with Crippen molar-refractivity contribution in [3.63, 3.8) is 0 Å². The van der Waals surface area contributed by atoms with Gasteiger partial charge in [0, 0.05) is 17.8 Å². The van der Waals surface area contributed by atoms with Crippen molar-refractivity contribution < 1.29 is 26.3 Å². The minimum absolute atomic E-state index is 0.00379. The Hall–Kier alpha value is -2.56. The van der Waals surface area contributed by atoms with Crippen molar-refractivity contribution in [2.45, 2.75) is 50.1 Å². The second-order valence-electron chi connectivity index (χ2n) is 7.89. The number of alkyl halides is 6. The van der Waals surface area contributed by atoms with E-state index in [1.807, 2.05) is 19.0 Å². The van der Waals surface area contributed by atoms with Gasteiger partial charge in [-0.15, -0.1) is 0 Å². The van der Waals surface area contributed by atoms with Gasteiger partial charge < -0.3 is 15.5 Å². The summed E-state index contributed by atoms with van der Waals surface area (Å²) in [6, 6.07) is 0.824. The molecule has 11 heteroatoms. The molecule has 5 nitrogen and oxygen atoms in total. The fraction of sp³-hybridized carbons (Fsp3) is 0.500. The second-order valence-corrected chi connectivity index (χ2v) is 7.89. The lowest BCUT2D eigenvalue weighted by Crippen LogP contribution is -2.48. The molecule has 2 aromatic carbocycles. The molecule has 0 amide bonds. The maximum atomic E-state index is 13.1. The van der Waals surface area contributed by atoms with Gasteiger partial charge in [0.05, 0.1) is 11.1 Å². The summed E-state index contributed by atoms with van der Waals surface area (Å²) in [6.07, 6.45) is -6.60. The van der Waals surface area contributed by atoms with Crippen LogP contribution in [0.1, 0.15) is 36.8 Å². The summed E-state index contributed by atoms with van der Waals surface area (Å²) in [5.74, 6) is 0. The molecule has 3 rings (SSSR count). The number of nitrogens with one attached hydrogen (secondary N) is 2. The van der Waals surface area contributed by atoms with Crippen molar-refractivity contribution in [1.82, 2.24) is 4.90 Å². The summed E-state index contributed by atoms with van der Waals surface area (Å²) in [5.41, 5.74) is -5.91. The van der Waals surface area contributed by atoms with E-state index in [-0.39, 0.29) is 29.5 Å². The Labute approximate surface area is 173 Å². The summed E-state index contributed by atoms with van der Waals surface area (Å²) < 4.78 is 78.4. The van der Waals surface area contributed by atoms with Crippen LogP contribution in [0.2, 0.25) is 0 Å². The van der Waals surface area contributed by atoms with E-state index in [1.165, 1.54) is 0 Å². The van der Waals surface area contributed by atoms with Crippen molar-refractivity contribution >= 4 is 17.1 Å². The van der Waals surface area contributed by atoms with E-state index in [9.17, 15) is 35.9 Å². The van der Waals surface area contributed by atoms with Gasteiger partial charge in [0.25, 0.3) is 10.9 Å². The number of nitrogens with zero attached hydrogens (tertiary/aromatic N) is 1. The summed E-state index contributed by atoms with van der Waals surface area (Å²) in [6.45, 7) is 0. The van der Waals surface area contributed by atoms with Crippen LogP contribution in [0.15, 0.2) is 27.8 Å². The molecule has 0 spiro atoms. The van der Waals surface area contributed by atoms with Crippen LogP contribution in [0.5, 0.6) is 0 Å². The standard InChI is InChI=1S/C20H21F6N3O2/c1-29(2)14-6-4-3-5-13(14)28-16-15(17(30)18(16)31)27-12-8-10(19(21,22)23)7-11(9-12)20(24,25)26/h7-9,13-14,27-28H,3-6H2,1-2H3. The van der Waals surface area contributed by atoms with Gasteiger partial charge in [-0.2, -0.15) is 26.3 Å². The molecule has 0 bridgehead atoms. The molecule has 170 valence electrons. The maximum absolute atomic E-state index is 13.1. The van der Waals surface area contributed by atoms with E-state index in [2.05, 4.69) is 10.6 Å². The molecular formula is C20H21F6N3O2. The fourth-order valence-electron chi connectivity index (χ4n) is 3.90. The van der Waals surface area contributed by atoms with Crippen LogP contribution in [-0.2, 0) is 12.4 Å².